The average molecular weight is 340 g/mol. The van der Waals surface area contributed by atoms with Gasteiger partial charge in [-0.25, -0.2) is 0 Å². The molecular formula is C18H28O6. The first-order valence-corrected chi connectivity index (χ1v) is 8.33. The van der Waals surface area contributed by atoms with Crippen molar-refractivity contribution in [1.29, 1.82) is 0 Å². The molecule has 0 aliphatic heterocycles. The molecule has 2 atom stereocenters. The summed E-state index contributed by atoms with van der Waals surface area (Å²) < 4.78 is 11.4. The molecule has 0 aromatic carbocycles. The quantitative estimate of drug-likeness (QED) is 0.516. The first kappa shape index (κ1) is 20.7. The molecule has 0 heterocycles. The Morgan fingerprint density at radius 1 is 0.875 bits per heavy atom. The Kier molecular flexibility index (Phi) is 9.71. The fourth-order valence-corrected chi connectivity index (χ4v) is 2.65. The second kappa shape index (κ2) is 11.3. The lowest BCUT2D eigenvalue weighted by atomic mass is 9.94. The van der Waals surface area contributed by atoms with E-state index in [1.54, 1.807) is 0 Å². The van der Waals surface area contributed by atoms with Gasteiger partial charge in [0.25, 0.3) is 0 Å². The highest BCUT2D eigenvalue weighted by molar-refractivity contribution is 5.91. The Morgan fingerprint density at radius 3 is 1.46 bits per heavy atom. The summed E-state index contributed by atoms with van der Waals surface area (Å²) in [6.45, 7) is 6.72. The van der Waals surface area contributed by atoms with Crippen LogP contribution >= 0.6 is 0 Å². The molecule has 6 heteroatoms. The fraction of sp³-hybridized carbons (Fsp3) is 0.667. The lowest BCUT2D eigenvalue weighted by Crippen LogP contribution is -2.32. The van der Waals surface area contributed by atoms with E-state index in [2.05, 4.69) is 13.2 Å². The zero-order chi connectivity index (χ0) is 17.9. The highest BCUT2D eigenvalue weighted by atomic mass is 16.5. The number of carbonyl (C=O) groups is 2. The lowest BCUT2D eigenvalue weighted by Gasteiger charge is -2.30. The average Bonchev–Trinajstić information content (AvgIpc) is 2.63. The van der Waals surface area contributed by atoms with Crippen LogP contribution in [0.3, 0.4) is 0 Å². The lowest BCUT2D eigenvalue weighted by molar-refractivity contribution is -0.126. The van der Waals surface area contributed by atoms with Crippen molar-refractivity contribution < 1.29 is 29.3 Å². The van der Waals surface area contributed by atoms with Crippen LogP contribution in [0.1, 0.15) is 25.7 Å². The van der Waals surface area contributed by atoms with Gasteiger partial charge in [-0.05, 0) is 37.8 Å². The van der Waals surface area contributed by atoms with Crippen LogP contribution in [0, 0.1) is 11.8 Å². The summed E-state index contributed by atoms with van der Waals surface area (Å²) in [5.41, 5.74) is 0. The van der Waals surface area contributed by atoms with Gasteiger partial charge in [0.2, 0.25) is 0 Å². The van der Waals surface area contributed by atoms with E-state index < -0.39 is 11.8 Å². The summed E-state index contributed by atoms with van der Waals surface area (Å²) in [6, 6.07) is 0. The minimum absolute atomic E-state index is 0.0416. The maximum atomic E-state index is 11.5. The second-order valence-corrected chi connectivity index (χ2v) is 6.04. The molecule has 136 valence electrons. The third kappa shape index (κ3) is 6.65. The molecule has 1 fully saturated rings. The van der Waals surface area contributed by atoms with E-state index in [4.69, 9.17) is 9.47 Å². The molecule has 1 aliphatic carbocycles. The van der Waals surface area contributed by atoms with E-state index in [-0.39, 0.29) is 50.2 Å². The summed E-state index contributed by atoms with van der Waals surface area (Å²) >= 11 is 0. The van der Waals surface area contributed by atoms with E-state index in [0.29, 0.717) is 0 Å². The van der Waals surface area contributed by atoms with Crippen molar-refractivity contribution in [3.8, 4) is 0 Å². The molecule has 1 aliphatic rings. The maximum Gasteiger partial charge on any atom is 0.162 e. The molecule has 0 bridgehead atoms. The highest BCUT2D eigenvalue weighted by Gasteiger charge is 2.25. The summed E-state index contributed by atoms with van der Waals surface area (Å²) in [5.74, 6) is -1.52. The van der Waals surface area contributed by atoms with Crippen LogP contribution < -0.4 is 0 Å². The van der Waals surface area contributed by atoms with E-state index in [1.807, 2.05) is 0 Å². The van der Waals surface area contributed by atoms with Gasteiger partial charge < -0.3 is 19.7 Å². The largest absolute Gasteiger partial charge is 0.396 e. The van der Waals surface area contributed by atoms with Crippen molar-refractivity contribution in [2.45, 2.75) is 37.9 Å². The number of ketones is 2. The van der Waals surface area contributed by atoms with Crippen LogP contribution in [0.15, 0.2) is 25.3 Å². The molecule has 0 saturated heterocycles. The van der Waals surface area contributed by atoms with Gasteiger partial charge in [0.1, 0.15) is 0 Å². The Bertz CT molecular complexity index is 385. The first-order valence-electron chi connectivity index (χ1n) is 8.33. The third-order valence-electron chi connectivity index (χ3n) is 4.34. The van der Waals surface area contributed by atoms with E-state index in [9.17, 15) is 19.8 Å². The van der Waals surface area contributed by atoms with Crippen molar-refractivity contribution in [2.24, 2.45) is 11.8 Å². The second-order valence-electron chi connectivity index (χ2n) is 6.04. The number of carbonyl (C=O) groups excluding carboxylic acids is 2. The van der Waals surface area contributed by atoms with Gasteiger partial charge in [0.05, 0.1) is 50.5 Å². The van der Waals surface area contributed by atoms with Crippen LogP contribution in [0.5, 0.6) is 0 Å². The van der Waals surface area contributed by atoms with Gasteiger partial charge in [-0.3, -0.25) is 9.59 Å². The van der Waals surface area contributed by atoms with Crippen molar-refractivity contribution in [3.05, 3.63) is 25.3 Å². The van der Waals surface area contributed by atoms with Crippen LogP contribution in [-0.2, 0) is 19.1 Å². The van der Waals surface area contributed by atoms with Gasteiger partial charge >= 0.3 is 0 Å². The molecule has 1 rings (SSSR count). The smallest absolute Gasteiger partial charge is 0.162 e. The summed E-state index contributed by atoms with van der Waals surface area (Å²) in [7, 11) is 0. The molecule has 2 N–H and O–H groups in total. The van der Waals surface area contributed by atoms with Crippen LogP contribution in [0.4, 0.5) is 0 Å². The molecular weight excluding hydrogens is 312 g/mol. The molecule has 0 spiro atoms. The van der Waals surface area contributed by atoms with Crippen molar-refractivity contribution >= 4 is 11.6 Å². The van der Waals surface area contributed by atoms with Crippen LogP contribution in [0.2, 0.25) is 0 Å². The number of hydrogen-bond donors (Lipinski definition) is 2. The number of aliphatic hydroxyl groups is 2. The van der Waals surface area contributed by atoms with Crippen molar-refractivity contribution in [1.82, 2.24) is 0 Å². The summed E-state index contributed by atoms with van der Waals surface area (Å²) in [4.78, 5) is 23.0. The molecule has 0 amide bonds. The molecule has 1 saturated carbocycles. The molecule has 0 aromatic heterocycles. The number of ether oxygens (including phenoxy) is 2. The van der Waals surface area contributed by atoms with E-state index in [1.165, 1.54) is 12.2 Å². The zero-order valence-corrected chi connectivity index (χ0v) is 14.1. The van der Waals surface area contributed by atoms with E-state index >= 15 is 0 Å². The van der Waals surface area contributed by atoms with Gasteiger partial charge in [-0.1, -0.05) is 13.2 Å². The van der Waals surface area contributed by atoms with Gasteiger partial charge in [-0.15, -0.1) is 0 Å². The Balaban J connectivity index is 2.28. The highest BCUT2D eigenvalue weighted by Crippen LogP contribution is 2.24. The molecule has 6 nitrogen and oxygen atoms in total. The minimum Gasteiger partial charge on any atom is -0.396 e. The molecule has 24 heavy (non-hydrogen) atoms. The first-order chi connectivity index (χ1) is 11.5. The Morgan fingerprint density at radius 2 is 1.21 bits per heavy atom. The molecule has 0 radical (unpaired) electrons. The van der Waals surface area contributed by atoms with Gasteiger partial charge in [0.15, 0.2) is 11.6 Å². The number of aliphatic hydroxyl groups excluding tert-OH is 2. The maximum absolute atomic E-state index is 11.5. The zero-order valence-electron chi connectivity index (χ0n) is 14.1. The standard InChI is InChI=1S/C18H28O6/c1-3-17(21)13(9-19)11-23-15-5-7-16(8-6-15)24-12-14(10-20)18(22)4-2/h3-4,13-16,19-20H,1-2,5-12H2. The van der Waals surface area contributed by atoms with Crippen molar-refractivity contribution in [3.63, 3.8) is 0 Å². The molecule has 0 aromatic rings. The van der Waals surface area contributed by atoms with Crippen molar-refractivity contribution in [2.75, 3.05) is 26.4 Å². The van der Waals surface area contributed by atoms with Gasteiger partial charge in [-0.2, -0.15) is 0 Å². The fourth-order valence-electron chi connectivity index (χ4n) is 2.65. The number of hydrogen-bond acceptors (Lipinski definition) is 6. The predicted molar refractivity (Wildman–Crippen MR) is 89.5 cm³/mol. The minimum atomic E-state index is -0.549. The summed E-state index contributed by atoms with van der Waals surface area (Å²) in [6.07, 6.45) is 5.68. The number of allylic oxidation sites excluding steroid dienone is 2. The van der Waals surface area contributed by atoms with E-state index in [0.717, 1.165) is 25.7 Å². The Labute approximate surface area is 143 Å². The number of rotatable bonds is 12. The predicted octanol–water partition coefficient (Wildman–Crippen LogP) is 1.06. The van der Waals surface area contributed by atoms with Gasteiger partial charge in [0, 0.05) is 0 Å². The monoisotopic (exact) mass is 340 g/mol. The van der Waals surface area contributed by atoms with Crippen LogP contribution in [-0.4, -0.2) is 60.4 Å². The normalized spacial score (nSPS) is 23.2. The van der Waals surface area contributed by atoms with Crippen LogP contribution in [0.25, 0.3) is 0 Å². The summed E-state index contributed by atoms with van der Waals surface area (Å²) in [5, 5.41) is 18.4. The SMILES string of the molecule is C=CC(=O)C(CO)COC1CCC(OCC(CO)C(=O)C=C)CC1. The third-order valence-corrected chi connectivity index (χ3v) is 4.34. The topological polar surface area (TPSA) is 93.1 Å². The Hall–Kier alpha value is -1.34. The molecule has 2 unspecified atom stereocenters.